The van der Waals surface area contributed by atoms with Gasteiger partial charge in [0.1, 0.15) is 55.2 Å². The predicted octanol–water partition coefficient (Wildman–Crippen LogP) is 11.0. The summed E-state index contributed by atoms with van der Waals surface area (Å²) in [5, 5.41) is 8.30. The molecule has 0 unspecified atom stereocenters. The molecule has 0 saturated heterocycles. The van der Waals surface area contributed by atoms with Crippen LogP contribution in [0.5, 0.6) is 0 Å². The van der Waals surface area contributed by atoms with Crippen LogP contribution >= 0.6 is 47.8 Å². The van der Waals surface area contributed by atoms with Crippen molar-refractivity contribution >= 4 is 148 Å². The quantitative estimate of drug-likeness (QED) is 0.0398. The average molecular weight is 1120 g/mol. The third-order valence-corrected chi connectivity index (χ3v) is 16.7. The summed E-state index contributed by atoms with van der Waals surface area (Å²) in [6.45, 7) is 0. The second-order valence-corrected chi connectivity index (χ2v) is 23.1. The van der Waals surface area contributed by atoms with E-state index in [-0.39, 0.29) is 34.4 Å². The Morgan fingerprint density at radius 1 is 0.395 bits per heavy atom. The first kappa shape index (κ1) is 48.8. The number of anilines is 4. The molecule has 26 heteroatoms. The van der Waals surface area contributed by atoms with Gasteiger partial charge < -0.3 is 10.6 Å². The molecule has 12 aromatic rings. The van der Waals surface area contributed by atoms with Crippen LogP contribution in [0.1, 0.15) is 11.1 Å². The first-order valence-electron chi connectivity index (χ1n) is 22.5. The number of rotatable bonds is 16. The summed E-state index contributed by atoms with van der Waals surface area (Å²) >= 11 is 5.20. The molecule has 0 spiro atoms. The van der Waals surface area contributed by atoms with E-state index >= 15 is 0 Å². The summed E-state index contributed by atoms with van der Waals surface area (Å²) in [6, 6.07) is 42.6. The van der Waals surface area contributed by atoms with Crippen LogP contribution in [-0.2, 0) is 20.2 Å². The highest BCUT2D eigenvalue weighted by molar-refractivity contribution is 7.99. The Bertz CT molecular complexity index is 4020. The van der Waals surface area contributed by atoms with Gasteiger partial charge in [-0.15, -0.1) is 0 Å². The van der Waals surface area contributed by atoms with Crippen LogP contribution in [0.25, 0.3) is 56.3 Å². The molecule has 0 saturated carbocycles. The maximum atomic E-state index is 13.0. The molecule has 0 amide bonds. The number of nitrogens with zero attached hydrogens (tertiary/aromatic N) is 12. The Kier molecular flexibility index (Phi) is 13.0. The molecule has 0 radical (unpaired) electrons. The van der Waals surface area contributed by atoms with Crippen molar-refractivity contribution in [1.82, 2.24) is 55.8 Å². The SMILES string of the molecule is O=S(=O)(O)c1cc(Nc2nc(Sn3cnc4ccccc43)cc(Sn3cnc4ccccc43)n2)ccc1C=Cc1ccc(Nc2nc(Sn3cnc4ccccc43)cc(Sn3cnc4ccccc43)n2)cc1S(=O)(=O)O. The molecule has 0 aliphatic carbocycles. The molecule has 0 bridgehead atoms. The lowest BCUT2D eigenvalue weighted by molar-refractivity contribution is 0.480. The van der Waals surface area contributed by atoms with Crippen LogP contribution in [0.3, 0.4) is 0 Å². The highest BCUT2D eigenvalue weighted by Gasteiger charge is 2.20. The van der Waals surface area contributed by atoms with E-state index in [1.165, 1.54) is 84.2 Å². The number of aromatic nitrogens is 12. The predicted molar refractivity (Wildman–Crippen MR) is 296 cm³/mol. The molecular formula is C50H34N14O6S6. The number of fused-ring (bicyclic) bond motifs is 4. The van der Waals surface area contributed by atoms with Crippen molar-refractivity contribution in [2.45, 2.75) is 29.9 Å². The van der Waals surface area contributed by atoms with Crippen molar-refractivity contribution in [3.8, 4) is 0 Å². The zero-order valence-corrected chi connectivity index (χ0v) is 43.6. The molecule has 76 heavy (non-hydrogen) atoms. The first-order chi connectivity index (χ1) is 36.8. The molecule has 20 nitrogen and oxygen atoms in total. The molecule has 0 fully saturated rings. The lowest BCUT2D eigenvalue weighted by Gasteiger charge is -2.12. The number of para-hydroxylation sites is 8. The Labute approximate surface area is 448 Å². The molecule has 6 aromatic heterocycles. The van der Waals surface area contributed by atoms with E-state index in [4.69, 9.17) is 19.9 Å². The fourth-order valence-corrected chi connectivity index (χ4v) is 12.9. The second-order valence-electron chi connectivity index (χ2n) is 16.4. The van der Waals surface area contributed by atoms with Crippen molar-refractivity contribution in [2.24, 2.45) is 0 Å². The van der Waals surface area contributed by atoms with Gasteiger partial charge in [-0.3, -0.25) is 25.0 Å². The standard InChI is InChI=1S/C50H34N14O6S6/c65-75(66,67)43-23-33(55-49-57-45(71-61-27-51-35-9-1-5-13-39(35)61)25-46(58-49)72-62-28-52-36-10-2-6-14-40(36)62)21-19-31(43)17-18-32-20-22-34(24-44(32)76(68,69)70)56-50-59-47(73-63-29-53-37-11-3-7-15-41(37)63)26-48(60-50)74-64-30-54-38-12-4-8-16-42(38)64/h1-30H,(H,55,57,58)(H,56,59,60)(H,65,66,67)(H,68,69,70). The van der Waals surface area contributed by atoms with Gasteiger partial charge in [-0.1, -0.05) is 72.8 Å². The van der Waals surface area contributed by atoms with Crippen LogP contribution in [0.4, 0.5) is 23.3 Å². The van der Waals surface area contributed by atoms with Crippen LogP contribution < -0.4 is 10.6 Å². The van der Waals surface area contributed by atoms with E-state index in [1.54, 1.807) is 37.4 Å². The summed E-state index contributed by atoms with van der Waals surface area (Å²) in [4.78, 5) is 35.9. The van der Waals surface area contributed by atoms with E-state index in [2.05, 4.69) is 30.6 Å². The Hall–Kier alpha value is -8.08. The Morgan fingerprint density at radius 3 is 0.974 bits per heavy atom. The number of hydrogen-bond acceptors (Lipinski definition) is 18. The van der Waals surface area contributed by atoms with Gasteiger partial charge in [0.15, 0.2) is 0 Å². The van der Waals surface area contributed by atoms with Crippen LogP contribution in [0.2, 0.25) is 0 Å². The zero-order chi connectivity index (χ0) is 52.0. The largest absolute Gasteiger partial charge is 0.324 e. The summed E-state index contributed by atoms with van der Waals surface area (Å²) in [6.07, 6.45) is 9.38. The van der Waals surface area contributed by atoms with Gasteiger partial charge >= 0.3 is 0 Å². The summed E-state index contributed by atoms with van der Waals surface area (Å²) in [5.41, 5.74) is 7.07. The molecule has 6 aromatic carbocycles. The van der Waals surface area contributed by atoms with Crippen LogP contribution in [0, 0.1) is 0 Å². The minimum absolute atomic E-state index is 0.000987. The van der Waals surface area contributed by atoms with Gasteiger partial charge in [0, 0.05) is 71.3 Å². The van der Waals surface area contributed by atoms with E-state index in [0.717, 1.165) is 44.1 Å². The van der Waals surface area contributed by atoms with Crippen LogP contribution in [-0.4, -0.2) is 81.7 Å². The zero-order valence-electron chi connectivity index (χ0n) is 38.7. The monoisotopic (exact) mass is 1120 g/mol. The molecule has 376 valence electrons. The fourth-order valence-electron chi connectivity index (χ4n) is 7.93. The molecule has 12 rings (SSSR count). The molecule has 0 aliphatic rings. The highest BCUT2D eigenvalue weighted by Crippen LogP contribution is 2.35. The number of benzene rings is 6. The molecule has 6 heterocycles. The van der Waals surface area contributed by atoms with Gasteiger partial charge in [0.25, 0.3) is 20.2 Å². The van der Waals surface area contributed by atoms with E-state index in [1.807, 2.05) is 125 Å². The lowest BCUT2D eigenvalue weighted by atomic mass is 10.1. The van der Waals surface area contributed by atoms with Crippen molar-refractivity contribution < 1.29 is 25.9 Å². The maximum Gasteiger partial charge on any atom is 0.295 e. The minimum atomic E-state index is -4.89. The highest BCUT2D eigenvalue weighted by atomic mass is 32.2. The number of nitrogens with one attached hydrogen (secondary N) is 2. The van der Waals surface area contributed by atoms with Gasteiger partial charge in [-0.2, -0.15) is 16.8 Å². The van der Waals surface area contributed by atoms with Crippen molar-refractivity contribution in [3.63, 3.8) is 0 Å². The van der Waals surface area contributed by atoms with Gasteiger partial charge in [0.05, 0.1) is 44.1 Å². The van der Waals surface area contributed by atoms with E-state index in [0.29, 0.717) is 20.1 Å². The third kappa shape index (κ3) is 10.5. The Balaban J connectivity index is 0.836. The first-order valence-corrected chi connectivity index (χ1v) is 28.5. The van der Waals surface area contributed by atoms with E-state index in [9.17, 15) is 25.9 Å². The molecular weight excluding hydrogens is 1090 g/mol. The van der Waals surface area contributed by atoms with Gasteiger partial charge in [0.2, 0.25) is 11.9 Å². The molecule has 0 atom stereocenters. The normalized spacial score (nSPS) is 12.2. The lowest BCUT2D eigenvalue weighted by Crippen LogP contribution is -2.05. The van der Waals surface area contributed by atoms with Crippen molar-refractivity contribution in [2.75, 3.05) is 10.6 Å². The Morgan fingerprint density at radius 2 is 0.684 bits per heavy atom. The molecule has 4 N–H and O–H groups in total. The summed E-state index contributed by atoms with van der Waals surface area (Å²) < 4.78 is 80.6. The minimum Gasteiger partial charge on any atom is -0.324 e. The summed E-state index contributed by atoms with van der Waals surface area (Å²) in [7, 11) is -9.77. The van der Waals surface area contributed by atoms with Crippen molar-refractivity contribution in [1.29, 1.82) is 0 Å². The maximum absolute atomic E-state index is 13.0. The third-order valence-electron chi connectivity index (χ3n) is 11.3. The number of imidazole rings is 4. The smallest absolute Gasteiger partial charge is 0.295 e. The molecule has 0 aliphatic heterocycles. The van der Waals surface area contributed by atoms with Gasteiger partial charge in [-0.05, 0) is 83.9 Å². The van der Waals surface area contributed by atoms with Crippen LogP contribution in [0.15, 0.2) is 201 Å². The fraction of sp³-hybridized carbons (Fsp3) is 0. The summed E-state index contributed by atoms with van der Waals surface area (Å²) in [5.74, 6) is 0.226. The van der Waals surface area contributed by atoms with Crippen molar-refractivity contribution in [3.05, 3.63) is 182 Å². The topological polar surface area (TPSA) is 256 Å². The second kappa shape index (κ2) is 20.2. The van der Waals surface area contributed by atoms with Gasteiger partial charge in [-0.25, -0.2) is 39.9 Å². The average Bonchev–Trinajstić information content (AvgIpc) is 4.22. The van der Waals surface area contributed by atoms with E-state index < -0.39 is 30.0 Å². The number of hydrogen-bond donors (Lipinski definition) is 4.